The van der Waals surface area contributed by atoms with Crippen LogP contribution < -0.4 is 0 Å². The molecule has 0 saturated heterocycles. The van der Waals surface area contributed by atoms with Crippen molar-refractivity contribution in [3.05, 3.63) is 11.1 Å². The number of hydrogen-bond acceptors (Lipinski definition) is 4. The summed E-state index contributed by atoms with van der Waals surface area (Å²) in [5.74, 6) is 4.81. The van der Waals surface area contributed by atoms with Gasteiger partial charge in [-0.3, -0.25) is 4.68 Å². The number of aryl methyl sites for hydroxylation is 1. The molecule has 0 aliphatic carbocycles. The average Bonchev–Trinajstić information content (AvgIpc) is 2.58. The molecule has 0 aliphatic heterocycles. The van der Waals surface area contributed by atoms with Crippen molar-refractivity contribution >= 4 is 39.5 Å². The van der Waals surface area contributed by atoms with Gasteiger partial charge in [0.25, 0.3) is 0 Å². The first kappa shape index (κ1) is 12.4. The molecule has 1 aromatic rings. The maximum atomic E-state index is 4.15. The van der Waals surface area contributed by atoms with Gasteiger partial charge in [-0.15, -0.1) is 5.10 Å². The van der Waals surface area contributed by atoms with Gasteiger partial charge in [0.05, 0.1) is 6.54 Å². The van der Waals surface area contributed by atoms with Crippen molar-refractivity contribution in [1.82, 2.24) is 14.8 Å². The van der Waals surface area contributed by atoms with Crippen LogP contribution in [0.1, 0.15) is 6.92 Å². The van der Waals surface area contributed by atoms with Gasteiger partial charge in [0.2, 0.25) is 4.73 Å². The lowest BCUT2D eigenvalue weighted by Crippen LogP contribution is -2.01. The number of thioether (sulfide) groups is 2. The number of rotatable bonds is 7. The average molecular weight is 296 g/mol. The first-order valence-electron chi connectivity index (χ1n) is 4.53. The maximum Gasteiger partial charge on any atom is 0.217 e. The number of halogens is 1. The van der Waals surface area contributed by atoms with Crippen LogP contribution in [0.25, 0.3) is 0 Å². The highest BCUT2D eigenvalue weighted by molar-refractivity contribution is 9.10. The molecule has 0 atom stereocenters. The van der Waals surface area contributed by atoms with Crippen LogP contribution in [0.3, 0.4) is 0 Å². The van der Waals surface area contributed by atoms with Gasteiger partial charge in [0.15, 0.2) is 0 Å². The van der Waals surface area contributed by atoms with E-state index in [1.54, 1.807) is 6.33 Å². The van der Waals surface area contributed by atoms with E-state index in [1.807, 2.05) is 28.2 Å². The van der Waals surface area contributed by atoms with Gasteiger partial charge in [0, 0.05) is 17.3 Å². The molecule has 0 bridgehead atoms. The first-order valence-corrected chi connectivity index (χ1v) is 7.63. The van der Waals surface area contributed by atoms with Crippen molar-refractivity contribution in [2.24, 2.45) is 0 Å². The molecule has 0 saturated carbocycles. The summed E-state index contributed by atoms with van der Waals surface area (Å²) in [6.45, 7) is 3.14. The summed E-state index contributed by atoms with van der Waals surface area (Å²) in [4.78, 5) is 4.00. The van der Waals surface area contributed by atoms with Crippen molar-refractivity contribution in [2.45, 2.75) is 13.5 Å². The molecule has 0 radical (unpaired) electrons. The van der Waals surface area contributed by atoms with E-state index in [9.17, 15) is 0 Å². The van der Waals surface area contributed by atoms with E-state index in [0.717, 1.165) is 12.3 Å². The molecule has 0 amide bonds. The Labute approximate surface area is 102 Å². The minimum Gasteiger partial charge on any atom is -0.251 e. The molecule has 0 aromatic carbocycles. The van der Waals surface area contributed by atoms with Crippen molar-refractivity contribution in [3.8, 4) is 0 Å². The van der Waals surface area contributed by atoms with Crippen LogP contribution in [0.15, 0.2) is 11.1 Å². The predicted molar refractivity (Wildman–Crippen MR) is 68.0 cm³/mol. The summed E-state index contributed by atoms with van der Waals surface area (Å²) < 4.78 is 2.54. The van der Waals surface area contributed by atoms with E-state index in [2.05, 4.69) is 32.9 Å². The summed E-state index contributed by atoms with van der Waals surface area (Å²) in [5.41, 5.74) is 0. The minimum absolute atomic E-state index is 0.670. The lowest BCUT2D eigenvalue weighted by Gasteiger charge is -2.00. The molecule has 0 aliphatic rings. The predicted octanol–water partition coefficient (Wildman–Crippen LogP) is 2.53. The Balaban J connectivity index is 1.99. The van der Waals surface area contributed by atoms with Crippen molar-refractivity contribution in [1.29, 1.82) is 0 Å². The Morgan fingerprint density at radius 3 is 2.79 bits per heavy atom. The van der Waals surface area contributed by atoms with E-state index in [4.69, 9.17) is 0 Å². The van der Waals surface area contributed by atoms with Crippen LogP contribution in [0, 0.1) is 0 Å². The zero-order valence-corrected chi connectivity index (χ0v) is 11.4. The largest absolute Gasteiger partial charge is 0.251 e. The quantitative estimate of drug-likeness (QED) is 0.723. The van der Waals surface area contributed by atoms with E-state index in [0.29, 0.717) is 4.73 Å². The van der Waals surface area contributed by atoms with E-state index >= 15 is 0 Å². The molecule has 14 heavy (non-hydrogen) atoms. The second kappa shape index (κ2) is 7.59. The molecule has 0 fully saturated rings. The van der Waals surface area contributed by atoms with Crippen LogP contribution in [-0.2, 0) is 6.54 Å². The maximum absolute atomic E-state index is 4.15. The lowest BCUT2D eigenvalue weighted by molar-refractivity contribution is 0.661. The lowest BCUT2D eigenvalue weighted by atomic mass is 10.8. The second-order valence-corrected chi connectivity index (χ2v) is 5.91. The third kappa shape index (κ3) is 5.26. The molecule has 6 heteroatoms. The Morgan fingerprint density at radius 1 is 1.36 bits per heavy atom. The Morgan fingerprint density at radius 2 is 2.14 bits per heavy atom. The molecule has 1 aromatic heterocycles. The van der Waals surface area contributed by atoms with Crippen molar-refractivity contribution in [2.75, 3.05) is 23.0 Å². The number of hydrogen-bond donors (Lipinski definition) is 0. The fourth-order valence-electron chi connectivity index (χ4n) is 0.902. The number of nitrogens with zero attached hydrogens (tertiary/aromatic N) is 3. The van der Waals surface area contributed by atoms with Crippen molar-refractivity contribution < 1.29 is 0 Å². The van der Waals surface area contributed by atoms with E-state index in [1.165, 1.54) is 17.3 Å². The third-order valence-electron chi connectivity index (χ3n) is 1.55. The summed E-state index contributed by atoms with van der Waals surface area (Å²) in [6, 6.07) is 0. The monoisotopic (exact) mass is 295 g/mol. The molecule has 0 N–H and O–H groups in total. The van der Waals surface area contributed by atoms with Crippen LogP contribution >= 0.6 is 39.5 Å². The highest BCUT2D eigenvalue weighted by Crippen LogP contribution is 2.07. The summed E-state index contributed by atoms with van der Waals surface area (Å²) in [6.07, 6.45) is 1.76. The summed E-state index contributed by atoms with van der Waals surface area (Å²) in [5, 5.41) is 4.15. The highest BCUT2D eigenvalue weighted by Gasteiger charge is 1.96. The Bertz CT molecular complexity index is 254. The Hall–Kier alpha value is 0.320. The van der Waals surface area contributed by atoms with Crippen molar-refractivity contribution in [3.63, 3.8) is 0 Å². The van der Waals surface area contributed by atoms with E-state index < -0.39 is 0 Å². The number of aromatic nitrogens is 3. The molecule has 1 heterocycles. The second-order valence-electron chi connectivity index (χ2n) is 2.59. The van der Waals surface area contributed by atoms with Gasteiger partial charge in [-0.25, -0.2) is 4.98 Å². The molecule has 3 nitrogen and oxygen atoms in total. The molecule has 1 rings (SSSR count). The fraction of sp³-hybridized carbons (Fsp3) is 0.750. The first-order chi connectivity index (χ1) is 6.83. The van der Waals surface area contributed by atoms with Crippen LogP contribution in [0.2, 0.25) is 0 Å². The van der Waals surface area contributed by atoms with Gasteiger partial charge in [-0.1, -0.05) is 6.92 Å². The van der Waals surface area contributed by atoms with Crippen LogP contribution in [-0.4, -0.2) is 37.8 Å². The molecule has 0 spiro atoms. The van der Waals surface area contributed by atoms with Gasteiger partial charge < -0.3 is 0 Å². The zero-order valence-electron chi connectivity index (χ0n) is 8.15. The standard InChI is InChI=1S/C8H14BrN3S2/c1-2-13-5-6-14-4-3-12-7-10-8(9)11-12/h7H,2-6H2,1H3. The van der Waals surface area contributed by atoms with Gasteiger partial charge in [-0.05, 0) is 21.7 Å². The normalized spacial score (nSPS) is 10.7. The molecule has 80 valence electrons. The van der Waals surface area contributed by atoms with Gasteiger partial charge in [0.1, 0.15) is 6.33 Å². The highest BCUT2D eigenvalue weighted by atomic mass is 79.9. The topological polar surface area (TPSA) is 30.7 Å². The van der Waals surface area contributed by atoms with Crippen LogP contribution in [0.4, 0.5) is 0 Å². The third-order valence-corrected chi connectivity index (χ3v) is 4.04. The van der Waals surface area contributed by atoms with Crippen LogP contribution in [0.5, 0.6) is 0 Å². The Kier molecular flexibility index (Phi) is 6.72. The summed E-state index contributed by atoms with van der Waals surface area (Å²) in [7, 11) is 0. The summed E-state index contributed by atoms with van der Waals surface area (Å²) >= 11 is 7.19. The molecule has 0 unspecified atom stereocenters. The van der Waals surface area contributed by atoms with Gasteiger partial charge >= 0.3 is 0 Å². The van der Waals surface area contributed by atoms with Gasteiger partial charge in [-0.2, -0.15) is 23.5 Å². The zero-order chi connectivity index (χ0) is 10.2. The molecular formula is C8H14BrN3S2. The van der Waals surface area contributed by atoms with E-state index in [-0.39, 0.29) is 0 Å². The smallest absolute Gasteiger partial charge is 0.217 e. The molecular weight excluding hydrogens is 282 g/mol. The fourth-order valence-corrected chi connectivity index (χ4v) is 2.95. The minimum atomic E-state index is 0.670. The SMILES string of the molecule is CCSCCSCCn1cnc(Br)n1.